The van der Waals surface area contributed by atoms with E-state index in [1.807, 2.05) is 0 Å². The maximum Gasteiger partial charge on any atom is 0.413 e. The molecule has 0 radical (unpaired) electrons. The van der Waals surface area contributed by atoms with E-state index in [4.69, 9.17) is 9.47 Å². The maximum absolute atomic E-state index is 11.5. The molecule has 0 aliphatic heterocycles. The van der Waals surface area contributed by atoms with Crippen LogP contribution in [0.25, 0.3) is 6.08 Å². The summed E-state index contributed by atoms with van der Waals surface area (Å²) in [4.78, 5) is 11.5. The van der Waals surface area contributed by atoms with Crippen molar-refractivity contribution < 1.29 is 14.3 Å². The number of carbonyl (C=O) groups is 1. The van der Waals surface area contributed by atoms with Crippen LogP contribution in [0.5, 0.6) is 5.75 Å². The predicted molar refractivity (Wildman–Crippen MR) is 68.5 cm³/mol. The lowest BCUT2D eigenvalue weighted by atomic mass is 10.2. The molecule has 1 amide bonds. The third-order valence-corrected chi connectivity index (χ3v) is 1.83. The lowest BCUT2D eigenvalue weighted by molar-refractivity contribution is 0.0635. The van der Waals surface area contributed by atoms with Crippen LogP contribution in [0.4, 0.5) is 10.6 Å². The third kappa shape index (κ3) is 4.04. The van der Waals surface area contributed by atoms with Gasteiger partial charge in [-0.05, 0) is 26.8 Å². The van der Waals surface area contributed by atoms with E-state index in [2.05, 4.69) is 22.1 Å². The first kappa shape index (κ1) is 14.0. The van der Waals surface area contributed by atoms with E-state index in [9.17, 15) is 4.79 Å². The summed E-state index contributed by atoms with van der Waals surface area (Å²) in [7, 11) is 1.50. The van der Waals surface area contributed by atoms with Crippen molar-refractivity contribution in [2.75, 3.05) is 12.4 Å². The number of aromatic nitrogens is 2. The molecule has 0 saturated heterocycles. The maximum atomic E-state index is 11.5. The zero-order valence-corrected chi connectivity index (χ0v) is 11.0. The van der Waals surface area contributed by atoms with Crippen LogP contribution in [0.15, 0.2) is 12.6 Å². The highest BCUT2D eigenvalue weighted by atomic mass is 16.6. The van der Waals surface area contributed by atoms with Gasteiger partial charge < -0.3 is 9.47 Å². The van der Waals surface area contributed by atoms with Gasteiger partial charge in [-0.3, -0.25) is 5.32 Å². The molecule has 1 N–H and O–H groups in total. The van der Waals surface area contributed by atoms with E-state index in [1.54, 1.807) is 26.8 Å². The molecule has 0 bridgehead atoms. The van der Waals surface area contributed by atoms with Crippen molar-refractivity contribution in [1.82, 2.24) is 10.2 Å². The third-order valence-electron chi connectivity index (χ3n) is 1.83. The summed E-state index contributed by atoms with van der Waals surface area (Å²) in [6, 6.07) is 1.55. The minimum atomic E-state index is -0.592. The largest absolute Gasteiger partial charge is 0.494 e. The molecule has 0 saturated carbocycles. The van der Waals surface area contributed by atoms with Crippen LogP contribution in [-0.2, 0) is 4.74 Å². The van der Waals surface area contributed by atoms with Gasteiger partial charge in [0.1, 0.15) is 17.0 Å². The highest BCUT2D eigenvalue weighted by Gasteiger charge is 2.17. The number of carbonyl (C=O) groups excluding carboxylic acids is 1. The molecule has 0 aromatic carbocycles. The Morgan fingerprint density at radius 2 is 2.11 bits per heavy atom. The van der Waals surface area contributed by atoms with Crippen molar-refractivity contribution in [2.24, 2.45) is 0 Å². The van der Waals surface area contributed by atoms with E-state index >= 15 is 0 Å². The van der Waals surface area contributed by atoms with Crippen molar-refractivity contribution >= 4 is 18.0 Å². The Morgan fingerprint density at radius 1 is 1.44 bits per heavy atom. The zero-order chi connectivity index (χ0) is 13.8. The Kier molecular flexibility index (Phi) is 4.25. The Hall–Kier alpha value is -2.11. The van der Waals surface area contributed by atoms with Gasteiger partial charge >= 0.3 is 6.09 Å². The fraction of sp³-hybridized carbons (Fsp3) is 0.417. The Morgan fingerprint density at radius 3 is 2.61 bits per heavy atom. The first-order valence-electron chi connectivity index (χ1n) is 5.40. The Labute approximate surface area is 106 Å². The smallest absolute Gasteiger partial charge is 0.413 e. The quantitative estimate of drug-likeness (QED) is 0.893. The molecule has 6 nitrogen and oxygen atoms in total. The van der Waals surface area contributed by atoms with Gasteiger partial charge in [-0.1, -0.05) is 6.58 Å². The fourth-order valence-corrected chi connectivity index (χ4v) is 1.16. The molecule has 1 rings (SSSR count). The first-order valence-corrected chi connectivity index (χ1v) is 5.40. The summed E-state index contributed by atoms with van der Waals surface area (Å²) in [5, 5.41) is 10.1. The van der Waals surface area contributed by atoms with Crippen molar-refractivity contribution in [2.45, 2.75) is 26.4 Å². The predicted octanol–water partition coefficient (Wildman–Crippen LogP) is 2.48. The number of amides is 1. The topological polar surface area (TPSA) is 73.3 Å². The summed E-state index contributed by atoms with van der Waals surface area (Å²) in [6.45, 7) is 8.92. The lowest BCUT2D eigenvalue weighted by Crippen LogP contribution is -2.27. The fourth-order valence-electron chi connectivity index (χ4n) is 1.16. The van der Waals surface area contributed by atoms with E-state index in [0.717, 1.165) is 0 Å². The van der Waals surface area contributed by atoms with Crippen LogP contribution in [-0.4, -0.2) is 29.0 Å². The summed E-state index contributed by atoms with van der Waals surface area (Å²) in [6.07, 6.45) is 0.925. The Balaban J connectivity index is 2.80. The molecule has 0 fully saturated rings. The van der Waals surface area contributed by atoms with Gasteiger partial charge in [-0.15, -0.1) is 10.2 Å². The van der Waals surface area contributed by atoms with Gasteiger partial charge in [0, 0.05) is 6.07 Å². The highest BCUT2D eigenvalue weighted by Crippen LogP contribution is 2.19. The van der Waals surface area contributed by atoms with Crippen LogP contribution < -0.4 is 10.1 Å². The molecule has 0 aliphatic rings. The summed E-state index contributed by atoms with van der Waals surface area (Å²) < 4.78 is 10.2. The van der Waals surface area contributed by atoms with Gasteiger partial charge in [0.05, 0.1) is 7.11 Å². The minimum absolute atomic E-state index is 0.256. The number of rotatable bonds is 3. The minimum Gasteiger partial charge on any atom is -0.494 e. The summed E-state index contributed by atoms with van der Waals surface area (Å²) >= 11 is 0. The van der Waals surface area contributed by atoms with E-state index in [1.165, 1.54) is 13.2 Å². The second-order valence-corrected chi connectivity index (χ2v) is 4.51. The molecular weight excluding hydrogens is 234 g/mol. The summed E-state index contributed by atoms with van der Waals surface area (Å²) in [5.41, 5.74) is -0.0601. The van der Waals surface area contributed by atoms with E-state index in [0.29, 0.717) is 11.4 Å². The Bertz CT molecular complexity index is 452. The standard InChI is InChI=1S/C12H17N3O3/c1-6-8-9(17-5)7-10(15-14-8)13-11(16)18-12(2,3)4/h6-7H,1H2,2-5H3,(H,13,15,16). The molecule has 1 aromatic heterocycles. The highest BCUT2D eigenvalue weighted by molar-refractivity contribution is 5.83. The van der Waals surface area contributed by atoms with Crippen molar-refractivity contribution in [3.05, 3.63) is 18.3 Å². The average Bonchev–Trinajstić information content (AvgIpc) is 2.26. The molecule has 0 atom stereocenters. The molecular formula is C12H17N3O3. The number of nitrogens with zero attached hydrogens (tertiary/aromatic N) is 2. The number of methoxy groups -OCH3 is 1. The van der Waals surface area contributed by atoms with Crippen LogP contribution in [0, 0.1) is 0 Å². The zero-order valence-electron chi connectivity index (χ0n) is 11.0. The molecule has 1 heterocycles. The average molecular weight is 251 g/mol. The molecule has 0 aliphatic carbocycles. The van der Waals surface area contributed by atoms with Crippen LogP contribution in [0.3, 0.4) is 0 Å². The van der Waals surface area contributed by atoms with Gasteiger partial charge in [-0.2, -0.15) is 0 Å². The van der Waals surface area contributed by atoms with Crippen molar-refractivity contribution in [3.63, 3.8) is 0 Å². The van der Waals surface area contributed by atoms with Gasteiger partial charge in [0.2, 0.25) is 0 Å². The number of hydrogen-bond acceptors (Lipinski definition) is 5. The molecule has 0 unspecified atom stereocenters. The first-order chi connectivity index (χ1) is 8.35. The monoisotopic (exact) mass is 251 g/mol. The normalized spacial score (nSPS) is 10.7. The van der Waals surface area contributed by atoms with E-state index < -0.39 is 11.7 Å². The van der Waals surface area contributed by atoms with Gasteiger partial charge in [0.15, 0.2) is 5.82 Å². The van der Waals surface area contributed by atoms with Crippen LogP contribution in [0.2, 0.25) is 0 Å². The number of hydrogen-bond donors (Lipinski definition) is 1. The van der Waals surface area contributed by atoms with Crippen molar-refractivity contribution in [1.29, 1.82) is 0 Å². The van der Waals surface area contributed by atoms with Crippen LogP contribution >= 0.6 is 0 Å². The molecule has 0 spiro atoms. The second kappa shape index (κ2) is 5.48. The summed E-state index contributed by atoms with van der Waals surface area (Å²) in [5.74, 6) is 0.734. The molecule has 18 heavy (non-hydrogen) atoms. The number of nitrogens with one attached hydrogen (secondary N) is 1. The van der Waals surface area contributed by atoms with Gasteiger partial charge in [0.25, 0.3) is 0 Å². The van der Waals surface area contributed by atoms with Crippen molar-refractivity contribution in [3.8, 4) is 5.75 Å². The van der Waals surface area contributed by atoms with E-state index in [-0.39, 0.29) is 5.82 Å². The number of ether oxygens (including phenoxy) is 2. The molecule has 6 heteroatoms. The van der Waals surface area contributed by atoms with Crippen LogP contribution in [0.1, 0.15) is 26.5 Å². The molecule has 98 valence electrons. The lowest BCUT2D eigenvalue weighted by Gasteiger charge is -2.19. The SMILES string of the molecule is C=Cc1nnc(NC(=O)OC(C)(C)C)cc1OC. The number of anilines is 1. The van der Waals surface area contributed by atoms with Gasteiger partial charge in [-0.25, -0.2) is 4.79 Å². The molecule has 1 aromatic rings. The second-order valence-electron chi connectivity index (χ2n) is 4.51.